The zero-order chi connectivity index (χ0) is 20.7. The average molecular weight is 455 g/mol. The number of nitrogens with one attached hydrogen (secondary N) is 2. The number of imidazole rings is 1. The van der Waals surface area contributed by atoms with Crippen molar-refractivity contribution in [2.45, 2.75) is 14.3 Å². The summed E-state index contributed by atoms with van der Waals surface area (Å²) in [5.74, 6) is 0.0827. The fraction of sp³-hybridized carbons (Fsp3) is 0. The van der Waals surface area contributed by atoms with Gasteiger partial charge in [0.25, 0.3) is 10.0 Å². The molecule has 30 heavy (non-hydrogen) atoms. The highest BCUT2D eigenvalue weighted by atomic mass is 32.2. The van der Waals surface area contributed by atoms with E-state index in [1.54, 1.807) is 30.3 Å². The zero-order valence-electron chi connectivity index (χ0n) is 15.2. The van der Waals surface area contributed by atoms with Crippen molar-refractivity contribution in [2.75, 3.05) is 4.72 Å². The van der Waals surface area contributed by atoms with E-state index >= 15 is 0 Å². The molecule has 0 spiro atoms. The van der Waals surface area contributed by atoms with Gasteiger partial charge in [0.15, 0.2) is 9.37 Å². The van der Waals surface area contributed by atoms with Gasteiger partial charge in [-0.2, -0.15) is 8.42 Å². The minimum Gasteiger partial charge on any atom is -0.506 e. The molecule has 0 radical (unpaired) electrons. The topological polar surface area (TPSA) is 108 Å². The van der Waals surface area contributed by atoms with Crippen LogP contribution in [0.2, 0.25) is 0 Å². The first kappa shape index (κ1) is 18.9. The first-order valence-corrected chi connectivity index (χ1v) is 11.9. The van der Waals surface area contributed by atoms with Crippen LogP contribution in [0.4, 0.5) is 5.69 Å². The third-order valence-corrected chi connectivity index (χ3v) is 7.88. The van der Waals surface area contributed by atoms with Gasteiger partial charge in [-0.3, -0.25) is 4.72 Å². The molecule has 3 N–H and O–H groups in total. The molecule has 0 saturated heterocycles. The molecule has 5 rings (SSSR count). The van der Waals surface area contributed by atoms with Crippen LogP contribution in [0.5, 0.6) is 5.75 Å². The number of sulfonamides is 1. The van der Waals surface area contributed by atoms with Crippen LogP contribution in [-0.4, -0.2) is 28.5 Å². The molecule has 0 aliphatic heterocycles. The van der Waals surface area contributed by atoms with Gasteiger partial charge < -0.3 is 10.1 Å². The Morgan fingerprint density at radius 2 is 1.83 bits per heavy atom. The molecule has 5 aromatic rings. The number of anilines is 1. The van der Waals surface area contributed by atoms with E-state index in [0.717, 1.165) is 14.6 Å². The summed E-state index contributed by atoms with van der Waals surface area (Å²) in [5.41, 5.74) is 1.24. The summed E-state index contributed by atoms with van der Waals surface area (Å²) < 4.78 is 29.8. The summed E-state index contributed by atoms with van der Waals surface area (Å²) in [5, 5.41) is 12.0. The lowest BCUT2D eigenvalue weighted by atomic mass is 10.1. The number of rotatable bonds is 5. The van der Waals surface area contributed by atoms with Crippen LogP contribution in [0.15, 0.2) is 81.4 Å². The molecule has 3 aromatic carbocycles. The maximum absolute atomic E-state index is 12.7. The van der Waals surface area contributed by atoms with Gasteiger partial charge >= 0.3 is 0 Å². The standard InChI is InChI=1S/C20H14N4O3S3/c25-19-13-6-2-1-5-12(13)15(24-30(26,27)18-10-21-11-22-18)9-17(19)29-20-23-14-7-3-4-8-16(14)28-20/h1-11,24-25H,(H,21,22). The number of phenolic OH excluding ortho intramolecular Hbond substituents is 1. The lowest BCUT2D eigenvalue weighted by molar-refractivity contribution is 0.469. The Morgan fingerprint density at radius 1 is 1.07 bits per heavy atom. The molecule has 0 aliphatic rings. The summed E-state index contributed by atoms with van der Waals surface area (Å²) in [6.07, 6.45) is 2.54. The first-order chi connectivity index (χ1) is 14.5. The average Bonchev–Trinajstić information content (AvgIpc) is 3.41. The number of thiazole rings is 1. The van der Waals surface area contributed by atoms with E-state index in [4.69, 9.17) is 0 Å². The van der Waals surface area contributed by atoms with Gasteiger partial charge in [0, 0.05) is 10.8 Å². The second kappa shape index (κ2) is 7.31. The molecular weight excluding hydrogens is 440 g/mol. The Balaban J connectivity index is 1.61. The Bertz CT molecular complexity index is 1450. The summed E-state index contributed by atoms with van der Waals surface area (Å²) in [6.45, 7) is 0. The highest BCUT2D eigenvalue weighted by molar-refractivity contribution is 8.01. The molecule has 0 unspecified atom stereocenters. The van der Waals surface area contributed by atoms with E-state index in [1.165, 1.54) is 35.6 Å². The number of H-pyrrole nitrogens is 1. The third kappa shape index (κ3) is 3.38. The molecule has 0 atom stereocenters. The zero-order valence-corrected chi connectivity index (χ0v) is 17.7. The van der Waals surface area contributed by atoms with Crippen molar-refractivity contribution in [1.82, 2.24) is 15.0 Å². The fourth-order valence-corrected chi connectivity index (χ4v) is 6.17. The maximum atomic E-state index is 12.7. The monoisotopic (exact) mass is 454 g/mol. The number of phenols is 1. The van der Waals surface area contributed by atoms with Crippen molar-refractivity contribution in [3.63, 3.8) is 0 Å². The van der Waals surface area contributed by atoms with E-state index in [9.17, 15) is 13.5 Å². The molecule has 0 saturated carbocycles. The summed E-state index contributed by atoms with van der Waals surface area (Å²) in [6, 6.07) is 16.5. The van der Waals surface area contributed by atoms with Crippen LogP contribution >= 0.6 is 23.1 Å². The van der Waals surface area contributed by atoms with Crippen molar-refractivity contribution in [2.24, 2.45) is 0 Å². The number of para-hydroxylation sites is 1. The maximum Gasteiger partial charge on any atom is 0.278 e. The SMILES string of the molecule is O=S(=O)(Nc1cc(Sc2nc3ccccc3s2)c(O)c2ccccc12)c1cnc[nH]1. The second-order valence-corrected chi connectivity index (χ2v) is 10.4. The van der Waals surface area contributed by atoms with Crippen LogP contribution in [0, 0.1) is 0 Å². The molecule has 0 fully saturated rings. The van der Waals surface area contributed by atoms with Gasteiger partial charge in [-0.25, -0.2) is 9.97 Å². The highest BCUT2D eigenvalue weighted by Crippen LogP contribution is 2.44. The van der Waals surface area contributed by atoms with Gasteiger partial charge in [-0.1, -0.05) is 48.2 Å². The van der Waals surface area contributed by atoms with Crippen molar-refractivity contribution in [1.29, 1.82) is 0 Å². The molecular formula is C20H14N4O3S3. The predicted molar refractivity (Wildman–Crippen MR) is 119 cm³/mol. The lowest BCUT2D eigenvalue weighted by Gasteiger charge is -2.13. The number of nitrogens with zero attached hydrogens (tertiary/aromatic N) is 2. The number of fused-ring (bicyclic) bond motifs is 2. The van der Waals surface area contributed by atoms with E-state index < -0.39 is 10.0 Å². The molecule has 0 aliphatic carbocycles. The van der Waals surface area contributed by atoms with Crippen molar-refractivity contribution in [3.8, 4) is 5.75 Å². The van der Waals surface area contributed by atoms with Gasteiger partial charge in [0.2, 0.25) is 0 Å². The Kier molecular flexibility index (Phi) is 4.61. The van der Waals surface area contributed by atoms with Crippen LogP contribution in [0.1, 0.15) is 0 Å². The van der Waals surface area contributed by atoms with Crippen LogP contribution in [-0.2, 0) is 10.0 Å². The van der Waals surface area contributed by atoms with Crippen LogP contribution in [0.25, 0.3) is 21.0 Å². The minimum absolute atomic E-state index is 0.0416. The molecule has 2 aromatic heterocycles. The van der Waals surface area contributed by atoms with Crippen molar-refractivity contribution >= 4 is 59.8 Å². The molecule has 7 nitrogen and oxygen atoms in total. The van der Waals surface area contributed by atoms with E-state index in [2.05, 4.69) is 19.7 Å². The fourth-order valence-electron chi connectivity index (χ4n) is 3.08. The van der Waals surface area contributed by atoms with Crippen LogP contribution < -0.4 is 4.72 Å². The summed E-state index contributed by atoms with van der Waals surface area (Å²) in [4.78, 5) is 11.5. The van der Waals surface area contributed by atoms with Crippen LogP contribution in [0.3, 0.4) is 0 Å². The largest absolute Gasteiger partial charge is 0.506 e. The molecule has 150 valence electrons. The van der Waals surface area contributed by atoms with Gasteiger partial charge in [-0.05, 0) is 18.2 Å². The summed E-state index contributed by atoms with van der Waals surface area (Å²) >= 11 is 2.81. The number of aromatic nitrogens is 3. The number of aromatic hydroxyl groups is 1. The van der Waals surface area contributed by atoms with Crippen molar-refractivity contribution < 1.29 is 13.5 Å². The van der Waals surface area contributed by atoms with E-state index in [1.807, 2.05) is 24.3 Å². The second-order valence-electron chi connectivity index (χ2n) is 6.39. The van der Waals surface area contributed by atoms with E-state index in [0.29, 0.717) is 21.4 Å². The Labute approximate surface area is 179 Å². The highest BCUT2D eigenvalue weighted by Gasteiger charge is 2.20. The number of aromatic amines is 1. The molecule has 10 heteroatoms. The Hall–Kier alpha value is -3.08. The smallest absolute Gasteiger partial charge is 0.278 e. The normalized spacial score (nSPS) is 11.9. The molecule has 0 bridgehead atoms. The van der Waals surface area contributed by atoms with E-state index in [-0.39, 0.29) is 10.8 Å². The predicted octanol–water partition coefficient (Wildman–Crippen LogP) is 4.83. The third-order valence-electron chi connectivity index (χ3n) is 4.46. The number of hydrogen-bond acceptors (Lipinski definition) is 7. The van der Waals surface area contributed by atoms with Gasteiger partial charge in [0.05, 0.1) is 33.3 Å². The lowest BCUT2D eigenvalue weighted by Crippen LogP contribution is -2.13. The molecule has 0 amide bonds. The first-order valence-electron chi connectivity index (χ1n) is 8.80. The summed E-state index contributed by atoms with van der Waals surface area (Å²) in [7, 11) is -3.86. The number of benzene rings is 3. The molecule has 2 heterocycles. The number of hydrogen-bond donors (Lipinski definition) is 3. The quantitative estimate of drug-likeness (QED) is 0.328. The van der Waals surface area contributed by atoms with Gasteiger partial charge in [0.1, 0.15) is 5.75 Å². The minimum atomic E-state index is -3.86. The van der Waals surface area contributed by atoms with Gasteiger partial charge in [-0.15, -0.1) is 11.3 Å². The van der Waals surface area contributed by atoms with Crippen molar-refractivity contribution in [3.05, 3.63) is 67.1 Å². The Morgan fingerprint density at radius 3 is 2.60 bits per heavy atom.